The van der Waals surface area contributed by atoms with E-state index in [2.05, 4.69) is 10.0 Å². The maximum atomic E-state index is 13.2. The van der Waals surface area contributed by atoms with Gasteiger partial charge in [-0.15, -0.1) is 0 Å². The number of likely N-dealkylation sites (N-methyl/N-ethyl adjacent to an activating group) is 1. The van der Waals surface area contributed by atoms with Gasteiger partial charge < -0.3 is 29.0 Å². The van der Waals surface area contributed by atoms with Crippen molar-refractivity contribution in [1.82, 2.24) is 4.90 Å². The van der Waals surface area contributed by atoms with Crippen molar-refractivity contribution in [2.45, 2.75) is 110 Å². The molecule has 1 saturated heterocycles. The molecule has 1 fully saturated rings. The van der Waals surface area contributed by atoms with Crippen molar-refractivity contribution in [3.63, 3.8) is 0 Å². The van der Waals surface area contributed by atoms with E-state index in [1.165, 1.54) is 6.08 Å². The maximum Gasteiger partial charge on any atom is 0.306 e. The Morgan fingerprint density at radius 3 is 2.55 bits per heavy atom. The number of hydrogen-bond donors (Lipinski definition) is 1. The van der Waals surface area contributed by atoms with Gasteiger partial charge in [-0.3, -0.25) is 9.59 Å². The van der Waals surface area contributed by atoms with Gasteiger partial charge in [0, 0.05) is 42.2 Å². The SMILES string of the molecule is CC[C@H]1OC(=O)CC[C@H](C)[C@@H](OC2OC(C)CC(N(C)C)C2O)[C@@H](CC=O)C[C@@H](C)C(=O)C=CC(C)=C[C@@H]1CN=[N+]=[N-]. The van der Waals surface area contributed by atoms with Crippen LogP contribution in [0.15, 0.2) is 28.9 Å². The van der Waals surface area contributed by atoms with Crippen molar-refractivity contribution in [1.29, 1.82) is 0 Å². The Morgan fingerprint density at radius 2 is 1.93 bits per heavy atom. The fourth-order valence-corrected chi connectivity index (χ4v) is 5.97. The number of aliphatic hydroxyl groups is 1. The van der Waals surface area contributed by atoms with E-state index < -0.39 is 30.5 Å². The van der Waals surface area contributed by atoms with Crippen molar-refractivity contribution in [2.24, 2.45) is 28.8 Å². The van der Waals surface area contributed by atoms with Crippen molar-refractivity contribution in [3.05, 3.63) is 34.2 Å². The van der Waals surface area contributed by atoms with Crippen LogP contribution < -0.4 is 0 Å². The fraction of sp³-hybridized carbons (Fsp3) is 0.774. The molecule has 2 heterocycles. The zero-order valence-corrected chi connectivity index (χ0v) is 26.2. The topological polar surface area (TPSA) is 151 Å². The number of esters is 1. The van der Waals surface area contributed by atoms with Crippen molar-refractivity contribution in [2.75, 3.05) is 20.6 Å². The molecule has 2 aliphatic rings. The van der Waals surface area contributed by atoms with Gasteiger partial charge >= 0.3 is 5.97 Å². The molecule has 0 aliphatic carbocycles. The van der Waals surface area contributed by atoms with Gasteiger partial charge in [0.2, 0.25) is 0 Å². The molecule has 0 aromatic heterocycles. The van der Waals surface area contributed by atoms with Crippen LogP contribution >= 0.6 is 0 Å². The third kappa shape index (κ3) is 10.6. The summed E-state index contributed by atoms with van der Waals surface area (Å²) in [6, 6.07) is -0.175. The summed E-state index contributed by atoms with van der Waals surface area (Å²) >= 11 is 0. The monoisotopic (exact) mass is 590 g/mol. The standard InChI is InChI=1S/C31H50N4O7/c1-8-27-24(18-33-34-32)15-19(2)9-11-26(37)21(4)16-23(13-14-36)30(20(3)10-12-28(38)41-27)42-31-29(39)25(35(6)7)17-22(5)40-31/h9,11,14-15,20-25,27,29-31,39H,8,10,12-13,16-18H2,1-7H3/t20-,21+,22?,23-,24+,25?,27+,29?,30+,31?/m0/s1. The molecule has 236 valence electrons. The highest BCUT2D eigenvalue weighted by Gasteiger charge is 2.42. The van der Waals surface area contributed by atoms with E-state index in [0.717, 1.165) is 11.9 Å². The summed E-state index contributed by atoms with van der Waals surface area (Å²) in [5.41, 5.74) is 9.67. The summed E-state index contributed by atoms with van der Waals surface area (Å²) in [4.78, 5) is 42.9. The van der Waals surface area contributed by atoms with Gasteiger partial charge in [-0.1, -0.05) is 43.6 Å². The van der Waals surface area contributed by atoms with E-state index in [4.69, 9.17) is 19.7 Å². The second-order valence-electron chi connectivity index (χ2n) is 12.1. The maximum absolute atomic E-state index is 13.2. The van der Waals surface area contributed by atoms with Crippen LogP contribution in [0.25, 0.3) is 10.4 Å². The Labute approximate surface area is 250 Å². The van der Waals surface area contributed by atoms with Gasteiger partial charge in [0.25, 0.3) is 0 Å². The Bertz CT molecular complexity index is 1010. The van der Waals surface area contributed by atoms with E-state index in [0.29, 0.717) is 25.7 Å². The number of nitrogens with zero attached hydrogens (tertiary/aromatic N) is 4. The third-order valence-corrected chi connectivity index (χ3v) is 8.44. The molecule has 2 rings (SSSR count). The van der Waals surface area contributed by atoms with Gasteiger partial charge in [-0.05, 0) is 77.1 Å². The Hall–Kier alpha value is -2.56. The summed E-state index contributed by atoms with van der Waals surface area (Å²) in [5.74, 6) is -1.77. The predicted molar refractivity (Wildman–Crippen MR) is 159 cm³/mol. The molecule has 2 aliphatic heterocycles. The molecule has 10 atom stereocenters. The highest BCUT2D eigenvalue weighted by atomic mass is 16.7. The Morgan fingerprint density at radius 1 is 1.21 bits per heavy atom. The number of cyclic esters (lactones) is 1. The van der Waals surface area contributed by atoms with Crippen molar-refractivity contribution in [3.8, 4) is 0 Å². The average Bonchev–Trinajstić information content (AvgIpc) is 2.94. The second kappa shape index (κ2) is 17.5. The lowest BCUT2D eigenvalue weighted by Crippen LogP contribution is -2.55. The molecule has 42 heavy (non-hydrogen) atoms. The van der Waals surface area contributed by atoms with Crippen molar-refractivity contribution < 1.29 is 33.7 Å². The number of rotatable bonds is 8. The van der Waals surface area contributed by atoms with Gasteiger partial charge in [-0.2, -0.15) is 0 Å². The molecule has 0 amide bonds. The van der Waals surface area contributed by atoms with Crippen LogP contribution in [0.2, 0.25) is 0 Å². The van der Waals surface area contributed by atoms with Gasteiger partial charge in [0.05, 0.1) is 12.2 Å². The van der Waals surface area contributed by atoms with E-state index in [1.807, 2.05) is 59.7 Å². The number of carbonyl (C=O) groups is 3. The molecule has 0 bridgehead atoms. The van der Waals surface area contributed by atoms with Crippen LogP contribution in [0.4, 0.5) is 0 Å². The number of carbonyl (C=O) groups excluding carboxylic acids is 3. The summed E-state index contributed by atoms with van der Waals surface area (Å²) in [7, 11) is 3.80. The number of allylic oxidation sites excluding steroid dienone is 3. The first-order valence-electron chi connectivity index (χ1n) is 15.1. The molecule has 0 spiro atoms. The van der Waals surface area contributed by atoms with Crippen LogP contribution in [-0.4, -0.2) is 85.4 Å². The fourth-order valence-electron chi connectivity index (χ4n) is 5.97. The molecular formula is C31H50N4O7. The molecule has 0 aromatic carbocycles. The third-order valence-electron chi connectivity index (χ3n) is 8.44. The Balaban J connectivity index is 2.45. The highest BCUT2D eigenvalue weighted by Crippen LogP contribution is 2.34. The van der Waals surface area contributed by atoms with Crippen LogP contribution in [0.3, 0.4) is 0 Å². The molecule has 11 heteroatoms. The van der Waals surface area contributed by atoms with Gasteiger partial charge in [0.1, 0.15) is 18.5 Å². The quantitative estimate of drug-likeness (QED) is 0.139. The molecule has 4 unspecified atom stereocenters. The predicted octanol–water partition coefficient (Wildman–Crippen LogP) is 4.78. The van der Waals surface area contributed by atoms with Crippen LogP contribution in [0.5, 0.6) is 0 Å². The normalized spacial score (nSPS) is 35.7. The first kappa shape index (κ1) is 35.6. The van der Waals surface area contributed by atoms with E-state index in [1.54, 1.807) is 6.08 Å². The van der Waals surface area contributed by atoms with Crippen LogP contribution in [0, 0.1) is 23.7 Å². The number of ether oxygens (including phenoxy) is 3. The van der Waals surface area contributed by atoms with Gasteiger partial charge in [0.15, 0.2) is 12.1 Å². The molecule has 1 N–H and O–H groups in total. The first-order chi connectivity index (χ1) is 19.9. The lowest BCUT2D eigenvalue weighted by atomic mass is 9.80. The molecule has 0 radical (unpaired) electrons. The lowest BCUT2D eigenvalue weighted by molar-refractivity contribution is -0.280. The summed E-state index contributed by atoms with van der Waals surface area (Å²) in [6.45, 7) is 9.57. The molecule has 0 aromatic rings. The summed E-state index contributed by atoms with van der Waals surface area (Å²) in [5, 5.41) is 14.9. The van der Waals surface area contributed by atoms with Crippen LogP contribution in [0.1, 0.15) is 73.1 Å². The lowest BCUT2D eigenvalue weighted by Gasteiger charge is -2.44. The summed E-state index contributed by atoms with van der Waals surface area (Å²) < 4.78 is 18.4. The smallest absolute Gasteiger partial charge is 0.306 e. The van der Waals surface area contributed by atoms with Crippen LogP contribution in [-0.2, 0) is 28.6 Å². The number of azide groups is 1. The number of ketones is 1. The van der Waals surface area contributed by atoms with E-state index in [9.17, 15) is 19.5 Å². The Kier molecular flexibility index (Phi) is 14.9. The minimum Gasteiger partial charge on any atom is -0.462 e. The number of aliphatic hydroxyl groups excluding tert-OH is 1. The minimum absolute atomic E-state index is 0.0857. The van der Waals surface area contributed by atoms with Crippen molar-refractivity contribution >= 4 is 18.0 Å². The van der Waals surface area contributed by atoms with E-state index >= 15 is 0 Å². The van der Waals surface area contributed by atoms with Gasteiger partial charge in [-0.25, -0.2) is 0 Å². The molecular weight excluding hydrogens is 540 g/mol. The summed E-state index contributed by atoms with van der Waals surface area (Å²) in [6.07, 6.45) is 5.10. The number of aldehydes is 1. The zero-order valence-electron chi connectivity index (χ0n) is 26.2. The largest absolute Gasteiger partial charge is 0.462 e. The minimum atomic E-state index is -0.926. The second-order valence-corrected chi connectivity index (χ2v) is 12.1. The number of hydrogen-bond acceptors (Lipinski definition) is 9. The highest BCUT2D eigenvalue weighted by molar-refractivity contribution is 5.91. The van der Waals surface area contributed by atoms with E-state index in [-0.39, 0.29) is 61.0 Å². The first-order valence-corrected chi connectivity index (χ1v) is 15.1. The average molecular weight is 591 g/mol. The molecule has 11 nitrogen and oxygen atoms in total. The molecule has 0 saturated carbocycles. The zero-order chi connectivity index (χ0) is 31.4.